The molecule has 106 valence electrons. The highest BCUT2D eigenvalue weighted by molar-refractivity contribution is 5.44. The second-order valence-electron chi connectivity index (χ2n) is 4.46. The van der Waals surface area contributed by atoms with Gasteiger partial charge in [0.15, 0.2) is 0 Å². The van der Waals surface area contributed by atoms with Crippen molar-refractivity contribution in [3.8, 4) is 11.8 Å². The molecule has 0 aliphatic heterocycles. The van der Waals surface area contributed by atoms with Crippen LogP contribution in [0.25, 0.3) is 0 Å². The van der Waals surface area contributed by atoms with E-state index in [0.717, 1.165) is 11.6 Å². The van der Waals surface area contributed by atoms with E-state index in [9.17, 15) is 14.5 Å². The quantitative estimate of drug-likeness (QED) is 0.636. The van der Waals surface area contributed by atoms with Crippen LogP contribution in [0.1, 0.15) is 16.7 Å². The Morgan fingerprint density at radius 1 is 1.33 bits per heavy atom. The lowest BCUT2D eigenvalue weighted by Gasteiger charge is -2.09. The molecule has 0 bridgehead atoms. The molecule has 0 spiro atoms. The number of nitro groups is 1. The average molecular weight is 286 g/mol. The number of nitrogens with zero attached hydrogens (tertiary/aromatic N) is 2. The van der Waals surface area contributed by atoms with Crippen LogP contribution in [0.2, 0.25) is 0 Å². The average Bonchev–Trinajstić information content (AvgIpc) is 2.45. The largest absolute Gasteiger partial charge is 0.488 e. The first-order chi connectivity index (χ1) is 9.99. The van der Waals surface area contributed by atoms with Crippen LogP contribution in [0.4, 0.5) is 10.1 Å². The molecule has 0 saturated heterocycles. The van der Waals surface area contributed by atoms with Gasteiger partial charge in [-0.1, -0.05) is 0 Å². The Balaban J connectivity index is 2.20. The van der Waals surface area contributed by atoms with Crippen molar-refractivity contribution in [1.82, 2.24) is 0 Å². The summed E-state index contributed by atoms with van der Waals surface area (Å²) in [6.45, 7) is 1.78. The van der Waals surface area contributed by atoms with Crippen molar-refractivity contribution in [2.24, 2.45) is 0 Å². The minimum atomic E-state index is -0.525. The Bertz CT molecular complexity index is 738. The van der Waals surface area contributed by atoms with Crippen LogP contribution in [-0.2, 0) is 6.61 Å². The standard InChI is InChI=1S/C15H11FN2O3/c1-10-2-3-14(18(19)20)7-15(10)21-9-12-4-11(8-17)5-13(16)6-12/h2-7H,9H2,1H3. The molecule has 0 atom stereocenters. The summed E-state index contributed by atoms with van der Waals surface area (Å²) in [7, 11) is 0. The predicted octanol–water partition coefficient (Wildman–Crippen LogP) is 3.49. The van der Waals surface area contributed by atoms with Gasteiger partial charge in [-0.05, 0) is 42.3 Å². The molecular formula is C15H11FN2O3. The van der Waals surface area contributed by atoms with Gasteiger partial charge in [-0.15, -0.1) is 0 Å². The summed E-state index contributed by atoms with van der Waals surface area (Å²) in [4.78, 5) is 10.2. The third-order valence-electron chi connectivity index (χ3n) is 2.86. The first kappa shape index (κ1) is 14.5. The fraction of sp³-hybridized carbons (Fsp3) is 0.133. The molecule has 5 nitrogen and oxygen atoms in total. The number of non-ortho nitro benzene ring substituents is 1. The summed E-state index contributed by atoms with van der Waals surface area (Å²) in [5, 5.41) is 19.5. The van der Waals surface area contributed by atoms with Gasteiger partial charge in [-0.2, -0.15) is 5.26 Å². The minimum absolute atomic E-state index is 0.0223. The zero-order chi connectivity index (χ0) is 15.4. The highest BCUT2D eigenvalue weighted by Crippen LogP contribution is 2.25. The number of halogens is 1. The molecule has 0 fully saturated rings. The lowest BCUT2D eigenvalue weighted by molar-refractivity contribution is -0.385. The van der Waals surface area contributed by atoms with E-state index in [-0.39, 0.29) is 17.9 Å². The Kier molecular flexibility index (Phi) is 4.14. The summed E-state index contributed by atoms with van der Waals surface area (Å²) >= 11 is 0. The van der Waals surface area contributed by atoms with Crippen molar-refractivity contribution in [2.75, 3.05) is 0 Å². The van der Waals surface area contributed by atoms with Crippen molar-refractivity contribution in [2.45, 2.75) is 13.5 Å². The number of nitro benzene ring substituents is 1. The van der Waals surface area contributed by atoms with Gasteiger partial charge in [-0.3, -0.25) is 10.1 Å². The molecule has 0 saturated carbocycles. The maximum absolute atomic E-state index is 13.3. The Labute approximate surface area is 120 Å². The number of hydrogen-bond donors (Lipinski definition) is 0. The van der Waals surface area contributed by atoms with E-state index in [1.807, 2.05) is 6.07 Å². The third-order valence-corrected chi connectivity index (χ3v) is 2.86. The van der Waals surface area contributed by atoms with Crippen LogP contribution in [0, 0.1) is 34.2 Å². The zero-order valence-electron chi connectivity index (χ0n) is 11.2. The second kappa shape index (κ2) is 6.01. The zero-order valence-corrected chi connectivity index (χ0v) is 11.2. The topological polar surface area (TPSA) is 76.2 Å². The molecule has 0 unspecified atom stereocenters. The third kappa shape index (κ3) is 3.54. The van der Waals surface area contributed by atoms with Crippen LogP contribution in [0.15, 0.2) is 36.4 Å². The number of hydrogen-bond acceptors (Lipinski definition) is 4. The van der Waals surface area contributed by atoms with Crippen molar-refractivity contribution in [3.63, 3.8) is 0 Å². The van der Waals surface area contributed by atoms with Crippen molar-refractivity contribution in [1.29, 1.82) is 5.26 Å². The second-order valence-corrected chi connectivity index (χ2v) is 4.46. The van der Waals surface area contributed by atoms with Gasteiger partial charge >= 0.3 is 0 Å². The molecule has 0 radical (unpaired) electrons. The molecule has 0 N–H and O–H groups in total. The maximum Gasteiger partial charge on any atom is 0.273 e. The van der Waals surface area contributed by atoms with Gasteiger partial charge in [0, 0.05) is 6.07 Å². The molecule has 0 aromatic heterocycles. The highest BCUT2D eigenvalue weighted by Gasteiger charge is 2.10. The summed E-state index contributed by atoms with van der Waals surface area (Å²) < 4.78 is 18.8. The van der Waals surface area contributed by atoms with E-state index in [1.165, 1.54) is 24.3 Å². The Morgan fingerprint density at radius 2 is 2.10 bits per heavy atom. The summed E-state index contributed by atoms with van der Waals surface area (Å²) in [5.41, 5.74) is 1.34. The lowest BCUT2D eigenvalue weighted by atomic mass is 10.1. The molecule has 0 aliphatic rings. The van der Waals surface area contributed by atoms with E-state index in [2.05, 4.69) is 0 Å². The fourth-order valence-corrected chi connectivity index (χ4v) is 1.82. The molecule has 0 heterocycles. The number of ether oxygens (including phenoxy) is 1. The van der Waals surface area contributed by atoms with E-state index >= 15 is 0 Å². The van der Waals surface area contributed by atoms with Gasteiger partial charge in [0.2, 0.25) is 0 Å². The SMILES string of the molecule is Cc1ccc([N+](=O)[O-])cc1OCc1cc(F)cc(C#N)c1. The van der Waals surface area contributed by atoms with E-state index in [0.29, 0.717) is 11.3 Å². The summed E-state index contributed by atoms with van der Waals surface area (Å²) in [5.74, 6) is -0.171. The first-order valence-electron chi connectivity index (χ1n) is 6.07. The molecular weight excluding hydrogens is 275 g/mol. The Hall–Kier alpha value is -2.94. The molecule has 2 aromatic carbocycles. The predicted molar refractivity (Wildman–Crippen MR) is 73.3 cm³/mol. The van der Waals surface area contributed by atoms with Crippen molar-refractivity contribution >= 4 is 5.69 Å². The number of aryl methyl sites for hydroxylation is 1. The van der Waals surface area contributed by atoms with Gasteiger partial charge in [0.05, 0.1) is 22.6 Å². The smallest absolute Gasteiger partial charge is 0.273 e. The number of nitriles is 1. The van der Waals surface area contributed by atoms with E-state index in [4.69, 9.17) is 10.00 Å². The van der Waals surface area contributed by atoms with Crippen molar-refractivity contribution < 1.29 is 14.1 Å². The number of benzene rings is 2. The first-order valence-corrected chi connectivity index (χ1v) is 6.07. The minimum Gasteiger partial charge on any atom is -0.488 e. The van der Waals surface area contributed by atoms with Crippen LogP contribution >= 0.6 is 0 Å². The molecule has 6 heteroatoms. The van der Waals surface area contributed by atoms with Gasteiger partial charge in [0.25, 0.3) is 5.69 Å². The number of rotatable bonds is 4. The van der Waals surface area contributed by atoms with Crippen LogP contribution in [0.5, 0.6) is 5.75 Å². The Morgan fingerprint density at radius 3 is 2.76 bits per heavy atom. The molecule has 2 aromatic rings. The molecule has 0 aliphatic carbocycles. The molecule has 21 heavy (non-hydrogen) atoms. The monoisotopic (exact) mass is 286 g/mol. The molecule has 2 rings (SSSR count). The summed E-state index contributed by atoms with van der Waals surface area (Å²) in [6, 6.07) is 10.0. The van der Waals surface area contributed by atoms with Crippen LogP contribution < -0.4 is 4.74 Å². The lowest BCUT2D eigenvalue weighted by Crippen LogP contribution is -1.99. The fourth-order valence-electron chi connectivity index (χ4n) is 1.82. The normalized spacial score (nSPS) is 9.95. The van der Waals surface area contributed by atoms with Crippen LogP contribution in [0.3, 0.4) is 0 Å². The van der Waals surface area contributed by atoms with Crippen LogP contribution in [-0.4, -0.2) is 4.92 Å². The van der Waals surface area contributed by atoms with Gasteiger partial charge < -0.3 is 4.74 Å². The van der Waals surface area contributed by atoms with Gasteiger partial charge in [0.1, 0.15) is 18.2 Å². The van der Waals surface area contributed by atoms with E-state index < -0.39 is 10.7 Å². The summed E-state index contributed by atoms with van der Waals surface area (Å²) in [6.07, 6.45) is 0. The highest BCUT2D eigenvalue weighted by atomic mass is 19.1. The maximum atomic E-state index is 13.3. The van der Waals surface area contributed by atoms with E-state index in [1.54, 1.807) is 13.0 Å². The molecule has 0 amide bonds. The van der Waals surface area contributed by atoms with Crippen molar-refractivity contribution in [3.05, 3.63) is 69.0 Å². The van der Waals surface area contributed by atoms with Gasteiger partial charge in [-0.25, -0.2) is 4.39 Å².